The lowest BCUT2D eigenvalue weighted by molar-refractivity contribution is 1.50. The molecule has 3 aromatic heterocycles. The van der Waals surface area contributed by atoms with Gasteiger partial charge in [-0.15, -0.1) is 34.0 Å². The molecule has 0 atom stereocenters. The van der Waals surface area contributed by atoms with E-state index in [1.54, 1.807) is 22.7 Å². The zero-order valence-electron chi connectivity index (χ0n) is 15.7. The summed E-state index contributed by atoms with van der Waals surface area (Å²) in [6.07, 6.45) is 0. The molecule has 0 amide bonds. The standard InChI is InChI=1S/3C6H8S.C2H6/c2*1-5-3-6(2)7-4-5;1-5-3-4-6(2)7-5;1-2/h3*3-4H,1-2H3;1-2H3. The van der Waals surface area contributed by atoms with Gasteiger partial charge < -0.3 is 0 Å². The molecule has 0 radical (unpaired) electrons. The van der Waals surface area contributed by atoms with Crippen molar-refractivity contribution in [3.8, 4) is 0 Å². The summed E-state index contributed by atoms with van der Waals surface area (Å²) in [5, 5.41) is 4.32. The predicted molar refractivity (Wildman–Crippen MR) is 113 cm³/mol. The molecular weight excluding hydrogens is 336 g/mol. The van der Waals surface area contributed by atoms with Crippen molar-refractivity contribution >= 4 is 34.0 Å². The van der Waals surface area contributed by atoms with E-state index in [0.29, 0.717) is 0 Å². The highest BCUT2D eigenvalue weighted by Crippen LogP contribution is 2.12. The normalized spacial score (nSPS) is 8.87. The first-order valence-electron chi connectivity index (χ1n) is 7.93. The van der Waals surface area contributed by atoms with Crippen molar-refractivity contribution in [2.75, 3.05) is 0 Å². The average molecular weight is 367 g/mol. The van der Waals surface area contributed by atoms with Crippen LogP contribution in [0, 0.1) is 41.5 Å². The molecule has 3 rings (SSSR count). The first kappa shape index (κ1) is 22.1. The summed E-state index contributed by atoms with van der Waals surface area (Å²) in [7, 11) is 0. The third kappa shape index (κ3) is 11.3. The van der Waals surface area contributed by atoms with Gasteiger partial charge in [0.1, 0.15) is 0 Å². The monoisotopic (exact) mass is 366 g/mol. The Bertz CT molecular complexity index is 501. The molecular formula is C20H30S3. The van der Waals surface area contributed by atoms with Crippen LogP contribution in [0.4, 0.5) is 0 Å². The predicted octanol–water partition coefficient (Wildman–Crippen LogP) is 8.12. The SMILES string of the molecule is CC.Cc1ccc(C)s1.Cc1csc(C)c1.Cc1csc(C)c1. The van der Waals surface area contributed by atoms with Crippen molar-refractivity contribution in [2.24, 2.45) is 0 Å². The van der Waals surface area contributed by atoms with Gasteiger partial charge in [-0.3, -0.25) is 0 Å². The molecule has 0 N–H and O–H groups in total. The van der Waals surface area contributed by atoms with E-state index in [1.165, 1.54) is 30.6 Å². The molecule has 0 aliphatic rings. The zero-order chi connectivity index (χ0) is 17.8. The lowest BCUT2D eigenvalue weighted by Gasteiger charge is -1.71. The van der Waals surface area contributed by atoms with E-state index in [1.807, 2.05) is 25.2 Å². The molecule has 0 spiro atoms. The maximum absolute atomic E-state index is 2.19. The molecule has 0 saturated carbocycles. The second-order valence-corrected chi connectivity index (χ2v) is 8.85. The zero-order valence-corrected chi connectivity index (χ0v) is 18.1. The van der Waals surface area contributed by atoms with Gasteiger partial charge in [-0.2, -0.15) is 0 Å². The van der Waals surface area contributed by atoms with Gasteiger partial charge in [-0.05, 0) is 87.7 Å². The lowest BCUT2D eigenvalue weighted by Crippen LogP contribution is -1.53. The smallest absolute Gasteiger partial charge is 0.00170 e. The topological polar surface area (TPSA) is 0 Å². The molecule has 3 heterocycles. The van der Waals surface area contributed by atoms with Crippen molar-refractivity contribution in [3.63, 3.8) is 0 Å². The highest BCUT2D eigenvalue weighted by Gasteiger charge is 1.85. The minimum Gasteiger partial charge on any atom is -0.149 e. The van der Waals surface area contributed by atoms with Crippen LogP contribution in [-0.4, -0.2) is 0 Å². The molecule has 3 aromatic rings. The molecule has 0 saturated heterocycles. The minimum atomic E-state index is 1.38. The van der Waals surface area contributed by atoms with Crippen LogP contribution >= 0.6 is 34.0 Å². The van der Waals surface area contributed by atoms with Gasteiger partial charge in [0.25, 0.3) is 0 Å². The summed E-state index contributed by atoms with van der Waals surface area (Å²) in [5.41, 5.74) is 2.75. The summed E-state index contributed by atoms with van der Waals surface area (Å²) in [4.78, 5) is 5.60. The highest BCUT2D eigenvalue weighted by atomic mass is 32.1. The van der Waals surface area contributed by atoms with Gasteiger partial charge in [0, 0.05) is 19.5 Å². The van der Waals surface area contributed by atoms with Crippen molar-refractivity contribution in [1.29, 1.82) is 0 Å². The molecule has 0 unspecified atom stereocenters. The van der Waals surface area contributed by atoms with Crippen LogP contribution in [-0.2, 0) is 0 Å². The molecule has 0 bridgehead atoms. The Balaban J connectivity index is 0.000000299. The van der Waals surface area contributed by atoms with Crippen LogP contribution in [0.25, 0.3) is 0 Å². The van der Waals surface area contributed by atoms with Crippen molar-refractivity contribution in [1.82, 2.24) is 0 Å². The Hall–Kier alpha value is -0.900. The van der Waals surface area contributed by atoms with E-state index >= 15 is 0 Å². The summed E-state index contributed by atoms with van der Waals surface area (Å²) in [5.74, 6) is 0. The fraction of sp³-hybridized carbons (Fsp3) is 0.400. The maximum atomic E-state index is 2.19. The Morgan fingerprint density at radius 2 is 0.913 bits per heavy atom. The molecule has 3 heteroatoms. The second kappa shape index (κ2) is 12.5. The van der Waals surface area contributed by atoms with Crippen LogP contribution < -0.4 is 0 Å². The highest BCUT2D eigenvalue weighted by molar-refractivity contribution is 7.11. The molecule has 0 aliphatic heterocycles. The van der Waals surface area contributed by atoms with Crippen LogP contribution in [0.3, 0.4) is 0 Å². The minimum absolute atomic E-state index is 1.38. The molecule has 128 valence electrons. The Labute approximate surface area is 154 Å². The van der Waals surface area contributed by atoms with Crippen LogP contribution in [0.1, 0.15) is 44.5 Å². The first-order valence-corrected chi connectivity index (χ1v) is 10.5. The number of thiophene rings is 3. The number of hydrogen-bond donors (Lipinski definition) is 0. The maximum Gasteiger partial charge on any atom is 0.00170 e. The average Bonchev–Trinajstić information content (AvgIpc) is 3.18. The fourth-order valence-corrected chi connectivity index (χ4v) is 3.87. The second-order valence-electron chi connectivity index (χ2n) is 5.13. The van der Waals surface area contributed by atoms with E-state index in [9.17, 15) is 0 Å². The largest absolute Gasteiger partial charge is 0.149 e. The summed E-state index contributed by atoms with van der Waals surface area (Å²) in [6, 6.07) is 8.65. The molecule has 0 aromatic carbocycles. The molecule has 0 aliphatic carbocycles. The van der Waals surface area contributed by atoms with Crippen LogP contribution in [0.2, 0.25) is 0 Å². The molecule has 0 fully saturated rings. The van der Waals surface area contributed by atoms with Gasteiger partial charge in [0.15, 0.2) is 0 Å². The Kier molecular flexibility index (Phi) is 12.0. The van der Waals surface area contributed by atoms with Crippen molar-refractivity contribution < 1.29 is 0 Å². The van der Waals surface area contributed by atoms with Gasteiger partial charge >= 0.3 is 0 Å². The van der Waals surface area contributed by atoms with Gasteiger partial charge in [0.05, 0.1) is 0 Å². The molecule has 0 nitrogen and oxygen atoms in total. The summed E-state index contributed by atoms with van der Waals surface area (Å²) in [6.45, 7) is 16.7. The quantitative estimate of drug-likeness (QED) is 0.377. The van der Waals surface area contributed by atoms with Crippen LogP contribution in [0.5, 0.6) is 0 Å². The van der Waals surface area contributed by atoms with E-state index in [0.717, 1.165) is 0 Å². The fourth-order valence-electron chi connectivity index (χ4n) is 1.71. The Morgan fingerprint density at radius 1 is 0.565 bits per heavy atom. The third-order valence-electron chi connectivity index (χ3n) is 2.60. The van der Waals surface area contributed by atoms with Gasteiger partial charge in [-0.1, -0.05) is 13.8 Å². The summed E-state index contributed by atoms with van der Waals surface area (Å²) < 4.78 is 0. The number of aryl methyl sites for hydroxylation is 6. The number of hydrogen-bond acceptors (Lipinski definition) is 3. The van der Waals surface area contributed by atoms with Crippen molar-refractivity contribution in [2.45, 2.75) is 55.4 Å². The lowest BCUT2D eigenvalue weighted by atomic mass is 10.4. The van der Waals surface area contributed by atoms with E-state index in [4.69, 9.17) is 0 Å². The van der Waals surface area contributed by atoms with Gasteiger partial charge in [-0.25, -0.2) is 0 Å². The Morgan fingerprint density at radius 3 is 1.00 bits per heavy atom. The number of rotatable bonds is 0. The molecule has 23 heavy (non-hydrogen) atoms. The van der Waals surface area contributed by atoms with Crippen molar-refractivity contribution in [3.05, 3.63) is 65.7 Å². The van der Waals surface area contributed by atoms with Crippen LogP contribution in [0.15, 0.2) is 35.0 Å². The van der Waals surface area contributed by atoms with E-state index < -0.39 is 0 Å². The first-order chi connectivity index (χ1) is 10.9. The third-order valence-corrected chi connectivity index (χ3v) is 5.47. The summed E-state index contributed by atoms with van der Waals surface area (Å²) >= 11 is 5.45. The van der Waals surface area contributed by atoms with E-state index in [2.05, 4.69) is 76.6 Å². The van der Waals surface area contributed by atoms with Gasteiger partial charge in [0.2, 0.25) is 0 Å². The van der Waals surface area contributed by atoms with E-state index in [-0.39, 0.29) is 0 Å².